The quantitative estimate of drug-likeness (QED) is 0.755. The maximum Gasteiger partial charge on any atom is 0.267 e. The Kier molecular flexibility index (Phi) is 4.83. The Morgan fingerprint density at radius 1 is 1.26 bits per heavy atom. The van der Waals surface area contributed by atoms with Crippen LogP contribution in [0.5, 0.6) is 0 Å². The summed E-state index contributed by atoms with van der Waals surface area (Å²) in [5, 5.41) is 9.22. The highest BCUT2D eigenvalue weighted by molar-refractivity contribution is 7.12. The topological polar surface area (TPSA) is 59.8 Å². The van der Waals surface area contributed by atoms with Crippen LogP contribution in [0.4, 0.5) is 5.82 Å². The molecule has 0 unspecified atom stereocenters. The van der Waals surface area contributed by atoms with E-state index < -0.39 is 0 Å². The van der Waals surface area contributed by atoms with E-state index in [0.29, 0.717) is 5.82 Å². The molecular formula is C17H18N4OS. The minimum absolute atomic E-state index is 0.0868. The van der Waals surface area contributed by atoms with Crippen molar-refractivity contribution in [1.82, 2.24) is 14.8 Å². The summed E-state index contributed by atoms with van der Waals surface area (Å²) < 4.78 is 1.84. The molecule has 3 heterocycles. The zero-order valence-corrected chi connectivity index (χ0v) is 13.7. The summed E-state index contributed by atoms with van der Waals surface area (Å²) in [6.45, 7) is 2.81. The molecule has 6 heteroatoms. The molecule has 118 valence electrons. The molecule has 0 aliphatic carbocycles. The molecule has 0 aliphatic heterocycles. The maximum atomic E-state index is 12.3. The second-order valence-corrected chi connectivity index (χ2v) is 6.07. The molecular weight excluding hydrogens is 308 g/mol. The molecule has 3 aromatic rings. The lowest BCUT2D eigenvalue weighted by molar-refractivity contribution is 0.102. The van der Waals surface area contributed by atoms with Crippen molar-refractivity contribution in [3.63, 3.8) is 0 Å². The zero-order valence-electron chi connectivity index (χ0n) is 12.9. The summed E-state index contributed by atoms with van der Waals surface area (Å²) in [4.78, 5) is 17.1. The van der Waals surface area contributed by atoms with E-state index in [0.717, 1.165) is 29.8 Å². The fourth-order valence-electron chi connectivity index (χ4n) is 2.33. The molecule has 0 fully saturated rings. The normalized spacial score (nSPS) is 10.7. The van der Waals surface area contributed by atoms with Crippen molar-refractivity contribution in [2.45, 2.75) is 26.3 Å². The number of thiophene rings is 1. The van der Waals surface area contributed by atoms with Gasteiger partial charge in [-0.2, -0.15) is 5.10 Å². The van der Waals surface area contributed by atoms with Gasteiger partial charge in [-0.3, -0.25) is 14.5 Å². The predicted octanol–water partition coefficient (Wildman–Crippen LogP) is 3.40. The van der Waals surface area contributed by atoms with E-state index in [2.05, 4.69) is 15.4 Å². The Balaban J connectivity index is 1.60. The molecule has 1 N–H and O–H groups in total. The van der Waals surface area contributed by atoms with Crippen molar-refractivity contribution in [2.24, 2.45) is 0 Å². The third kappa shape index (κ3) is 3.84. The van der Waals surface area contributed by atoms with Crippen LogP contribution >= 0.6 is 11.3 Å². The number of rotatable bonds is 6. The standard InChI is InChI=1S/C17H18N4OS/c1-2-14-7-12-23-16(14)17(22)19-15-6-11-21(20-15)10-5-13-3-8-18-9-4-13/h3-4,6-9,11-12H,2,5,10H2,1H3,(H,19,20,22). The van der Waals surface area contributed by atoms with Gasteiger partial charge in [-0.05, 0) is 47.5 Å². The SMILES string of the molecule is CCc1ccsc1C(=O)Nc1ccn(CCc2ccncc2)n1. The Morgan fingerprint density at radius 3 is 2.87 bits per heavy atom. The molecule has 3 aromatic heterocycles. The lowest BCUT2D eigenvalue weighted by atomic mass is 10.2. The highest BCUT2D eigenvalue weighted by Crippen LogP contribution is 2.18. The minimum Gasteiger partial charge on any atom is -0.304 e. The Morgan fingerprint density at radius 2 is 2.09 bits per heavy atom. The number of pyridine rings is 1. The van der Waals surface area contributed by atoms with Crippen molar-refractivity contribution in [1.29, 1.82) is 0 Å². The van der Waals surface area contributed by atoms with Crippen molar-refractivity contribution in [3.05, 3.63) is 64.2 Å². The number of hydrogen-bond acceptors (Lipinski definition) is 4. The molecule has 23 heavy (non-hydrogen) atoms. The Hall–Kier alpha value is -2.47. The summed E-state index contributed by atoms with van der Waals surface area (Å²) in [5.74, 6) is 0.497. The van der Waals surface area contributed by atoms with E-state index in [4.69, 9.17) is 0 Å². The van der Waals surface area contributed by atoms with Crippen molar-refractivity contribution in [2.75, 3.05) is 5.32 Å². The fourth-order valence-corrected chi connectivity index (χ4v) is 3.22. The number of aryl methyl sites for hydroxylation is 3. The minimum atomic E-state index is -0.0868. The van der Waals surface area contributed by atoms with Crippen LogP contribution in [0, 0.1) is 0 Å². The summed E-state index contributed by atoms with van der Waals surface area (Å²) in [7, 11) is 0. The zero-order chi connectivity index (χ0) is 16.1. The molecule has 3 rings (SSSR count). The first-order valence-electron chi connectivity index (χ1n) is 7.56. The van der Waals surface area contributed by atoms with Gasteiger partial charge in [-0.1, -0.05) is 6.92 Å². The first kappa shape index (κ1) is 15.4. The molecule has 0 spiro atoms. The molecule has 0 bridgehead atoms. The van der Waals surface area contributed by atoms with Gasteiger partial charge in [0.05, 0.1) is 4.88 Å². The Bertz CT molecular complexity index is 779. The smallest absolute Gasteiger partial charge is 0.267 e. The van der Waals surface area contributed by atoms with E-state index in [9.17, 15) is 4.79 Å². The van der Waals surface area contributed by atoms with Gasteiger partial charge in [0.15, 0.2) is 5.82 Å². The van der Waals surface area contributed by atoms with Crippen LogP contribution in [0.2, 0.25) is 0 Å². The number of carbonyl (C=O) groups is 1. The molecule has 5 nitrogen and oxygen atoms in total. The first-order valence-corrected chi connectivity index (χ1v) is 8.44. The number of amides is 1. The van der Waals surface area contributed by atoms with Crippen molar-refractivity contribution in [3.8, 4) is 0 Å². The second-order valence-electron chi connectivity index (χ2n) is 5.15. The van der Waals surface area contributed by atoms with Crippen LogP contribution < -0.4 is 5.32 Å². The average molecular weight is 326 g/mol. The summed E-state index contributed by atoms with van der Waals surface area (Å²) in [6, 6.07) is 7.81. The number of nitrogens with one attached hydrogen (secondary N) is 1. The third-order valence-electron chi connectivity index (χ3n) is 3.60. The van der Waals surface area contributed by atoms with Crippen LogP contribution in [0.15, 0.2) is 48.2 Å². The van der Waals surface area contributed by atoms with Gasteiger partial charge in [-0.15, -0.1) is 11.3 Å². The van der Waals surface area contributed by atoms with Crippen LogP contribution in [0.25, 0.3) is 0 Å². The highest BCUT2D eigenvalue weighted by atomic mass is 32.1. The fraction of sp³-hybridized carbons (Fsp3) is 0.235. The summed E-state index contributed by atoms with van der Waals surface area (Å²) >= 11 is 1.46. The molecule has 0 saturated heterocycles. The molecule has 0 aromatic carbocycles. The molecule has 0 aliphatic rings. The number of hydrogen-bond donors (Lipinski definition) is 1. The molecule has 1 amide bonds. The average Bonchev–Trinajstić information content (AvgIpc) is 3.22. The van der Waals surface area contributed by atoms with Crippen molar-refractivity contribution < 1.29 is 4.79 Å². The highest BCUT2D eigenvalue weighted by Gasteiger charge is 2.13. The largest absolute Gasteiger partial charge is 0.304 e. The summed E-state index contributed by atoms with van der Waals surface area (Å²) in [5.41, 5.74) is 2.29. The van der Waals surface area contributed by atoms with Gasteiger partial charge in [0, 0.05) is 31.2 Å². The number of nitrogens with zero attached hydrogens (tertiary/aromatic N) is 3. The van der Waals surface area contributed by atoms with E-state index in [1.165, 1.54) is 16.9 Å². The number of aromatic nitrogens is 3. The van der Waals surface area contributed by atoms with Gasteiger partial charge in [0.2, 0.25) is 0 Å². The van der Waals surface area contributed by atoms with Gasteiger partial charge < -0.3 is 5.32 Å². The number of anilines is 1. The van der Waals surface area contributed by atoms with E-state index in [1.54, 1.807) is 12.4 Å². The van der Waals surface area contributed by atoms with Crippen LogP contribution in [-0.4, -0.2) is 20.7 Å². The van der Waals surface area contributed by atoms with Crippen LogP contribution in [0.3, 0.4) is 0 Å². The van der Waals surface area contributed by atoms with E-state index in [1.807, 2.05) is 47.4 Å². The molecule has 0 saturated carbocycles. The van der Waals surface area contributed by atoms with Crippen LogP contribution in [0.1, 0.15) is 27.7 Å². The van der Waals surface area contributed by atoms with Crippen LogP contribution in [-0.2, 0) is 19.4 Å². The second kappa shape index (κ2) is 7.19. The Labute approximate surface area is 139 Å². The molecule has 0 atom stereocenters. The maximum absolute atomic E-state index is 12.3. The van der Waals surface area contributed by atoms with Gasteiger partial charge in [-0.25, -0.2) is 0 Å². The van der Waals surface area contributed by atoms with Crippen molar-refractivity contribution >= 4 is 23.1 Å². The monoisotopic (exact) mass is 326 g/mol. The number of carbonyl (C=O) groups excluding carboxylic acids is 1. The third-order valence-corrected chi connectivity index (χ3v) is 4.55. The summed E-state index contributed by atoms with van der Waals surface area (Å²) in [6.07, 6.45) is 7.19. The van der Waals surface area contributed by atoms with Gasteiger partial charge >= 0.3 is 0 Å². The first-order chi connectivity index (χ1) is 11.3. The lowest BCUT2D eigenvalue weighted by Gasteiger charge is -2.03. The van der Waals surface area contributed by atoms with E-state index in [-0.39, 0.29) is 5.91 Å². The predicted molar refractivity (Wildman–Crippen MR) is 91.8 cm³/mol. The lowest BCUT2D eigenvalue weighted by Crippen LogP contribution is -2.13. The molecule has 0 radical (unpaired) electrons. The van der Waals surface area contributed by atoms with Gasteiger partial charge in [0.25, 0.3) is 5.91 Å². The van der Waals surface area contributed by atoms with Gasteiger partial charge in [0.1, 0.15) is 0 Å². The van der Waals surface area contributed by atoms with E-state index >= 15 is 0 Å².